The molecular formula is C21H26O3. The molecule has 1 aliphatic rings. The van der Waals surface area contributed by atoms with Crippen LogP contribution >= 0.6 is 0 Å². The van der Waals surface area contributed by atoms with Crippen molar-refractivity contribution in [1.29, 1.82) is 0 Å². The largest absolute Gasteiger partial charge is 0.486 e. The fourth-order valence-corrected chi connectivity index (χ4v) is 2.94. The van der Waals surface area contributed by atoms with Crippen molar-refractivity contribution in [2.75, 3.05) is 0 Å². The molecule has 2 rings (SSSR count). The molecule has 0 N–H and O–H groups in total. The summed E-state index contributed by atoms with van der Waals surface area (Å²) in [6, 6.07) is 7.64. The summed E-state index contributed by atoms with van der Waals surface area (Å²) in [5, 5.41) is 0. The normalized spacial score (nSPS) is 21.4. The standard InChI is InChI=1S/C21H26O3/c1-6-19(23-16(5)22)18-9-7-8-10-20(18)24-21-13-17(14(2)3)12-11-15(21)4/h6-11,17,19,21H,1-2,12-13H2,3-5H3/t17-,19?,21+/m1/s1. The monoisotopic (exact) mass is 326 g/mol. The Hall–Kier alpha value is -2.29. The van der Waals surface area contributed by atoms with E-state index in [0.717, 1.165) is 24.2 Å². The van der Waals surface area contributed by atoms with E-state index in [4.69, 9.17) is 9.47 Å². The lowest BCUT2D eigenvalue weighted by Gasteiger charge is -2.30. The summed E-state index contributed by atoms with van der Waals surface area (Å²) in [6.07, 6.45) is 5.27. The smallest absolute Gasteiger partial charge is 0.303 e. The molecule has 128 valence electrons. The highest BCUT2D eigenvalue weighted by atomic mass is 16.5. The van der Waals surface area contributed by atoms with Gasteiger partial charge in [0, 0.05) is 12.5 Å². The van der Waals surface area contributed by atoms with Crippen molar-refractivity contribution in [2.24, 2.45) is 5.92 Å². The van der Waals surface area contributed by atoms with Gasteiger partial charge in [0.1, 0.15) is 18.0 Å². The van der Waals surface area contributed by atoms with Crippen LogP contribution in [0, 0.1) is 5.92 Å². The van der Waals surface area contributed by atoms with Gasteiger partial charge < -0.3 is 9.47 Å². The maximum Gasteiger partial charge on any atom is 0.303 e. The van der Waals surface area contributed by atoms with E-state index in [1.54, 1.807) is 6.08 Å². The lowest BCUT2D eigenvalue weighted by atomic mass is 9.84. The van der Waals surface area contributed by atoms with E-state index >= 15 is 0 Å². The Labute approximate surface area is 144 Å². The maximum absolute atomic E-state index is 11.3. The van der Waals surface area contributed by atoms with E-state index in [-0.39, 0.29) is 12.1 Å². The molecule has 1 unspecified atom stereocenters. The predicted molar refractivity (Wildman–Crippen MR) is 96.9 cm³/mol. The summed E-state index contributed by atoms with van der Waals surface area (Å²) in [6.45, 7) is 13.4. The molecule has 0 heterocycles. The van der Waals surface area contributed by atoms with Crippen LogP contribution in [0.5, 0.6) is 5.75 Å². The lowest BCUT2D eigenvalue weighted by Crippen LogP contribution is -2.26. The first kappa shape index (κ1) is 18.1. The molecule has 0 radical (unpaired) electrons. The molecular weight excluding hydrogens is 300 g/mol. The molecule has 0 aromatic heterocycles. The average Bonchev–Trinajstić information content (AvgIpc) is 2.55. The van der Waals surface area contributed by atoms with Gasteiger partial charge in [-0.3, -0.25) is 4.79 Å². The van der Waals surface area contributed by atoms with Gasteiger partial charge in [-0.2, -0.15) is 0 Å². The zero-order chi connectivity index (χ0) is 17.7. The van der Waals surface area contributed by atoms with Crippen LogP contribution in [0.3, 0.4) is 0 Å². The summed E-state index contributed by atoms with van der Waals surface area (Å²) in [5.74, 6) is 0.823. The Morgan fingerprint density at radius 3 is 2.67 bits per heavy atom. The van der Waals surface area contributed by atoms with E-state index in [9.17, 15) is 4.79 Å². The molecule has 0 spiro atoms. The Morgan fingerprint density at radius 1 is 1.33 bits per heavy atom. The second kappa shape index (κ2) is 8.00. The molecule has 3 nitrogen and oxygen atoms in total. The number of allylic oxidation sites excluding steroid dienone is 2. The average molecular weight is 326 g/mol. The summed E-state index contributed by atoms with van der Waals surface area (Å²) >= 11 is 0. The fourth-order valence-electron chi connectivity index (χ4n) is 2.94. The molecule has 0 saturated heterocycles. The number of carbonyl (C=O) groups excluding carboxylic acids is 1. The number of ether oxygens (including phenoxy) is 2. The minimum Gasteiger partial charge on any atom is -0.486 e. The van der Waals surface area contributed by atoms with Crippen LogP contribution < -0.4 is 4.74 Å². The van der Waals surface area contributed by atoms with E-state index in [1.165, 1.54) is 18.1 Å². The van der Waals surface area contributed by atoms with Gasteiger partial charge in [-0.25, -0.2) is 0 Å². The predicted octanol–water partition coefficient (Wildman–Crippen LogP) is 5.16. The number of hydrogen-bond acceptors (Lipinski definition) is 3. The van der Waals surface area contributed by atoms with Crippen molar-refractivity contribution in [3.05, 3.63) is 66.3 Å². The van der Waals surface area contributed by atoms with Crippen molar-refractivity contribution in [3.63, 3.8) is 0 Å². The van der Waals surface area contributed by atoms with Crippen LogP contribution in [0.4, 0.5) is 0 Å². The third-order valence-electron chi connectivity index (χ3n) is 4.43. The van der Waals surface area contributed by atoms with Crippen LogP contribution in [0.2, 0.25) is 0 Å². The van der Waals surface area contributed by atoms with Gasteiger partial charge in [0.2, 0.25) is 0 Å². The molecule has 3 heteroatoms. The number of hydrogen-bond donors (Lipinski definition) is 0. The van der Waals surface area contributed by atoms with Crippen LogP contribution in [-0.2, 0) is 9.53 Å². The number of rotatable bonds is 6. The molecule has 0 fully saturated rings. The first-order valence-corrected chi connectivity index (χ1v) is 8.29. The highest BCUT2D eigenvalue weighted by molar-refractivity contribution is 5.66. The number of benzene rings is 1. The Morgan fingerprint density at radius 2 is 2.04 bits per heavy atom. The summed E-state index contributed by atoms with van der Waals surface area (Å²) in [5.41, 5.74) is 3.22. The molecule has 0 aliphatic heterocycles. The number of carbonyl (C=O) groups is 1. The van der Waals surface area contributed by atoms with Gasteiger partial charge in [0.05, 0.1) is 0 Å². The third-order valence-corrected chi connectivity index (χ3v) is 4.43. The van der Waals surface area contributed by atoms with Crippen molar-refractivity contribution < 1.29 is 14.3 Å². The number of para-hydroxylation sites is 1. The zero-order valence-electron chi connectivity index (χ0n) is 14.7. The third kappa shape index (κ3) is 4.38. The first-order valence-electron chi connectivity index (χ1n) is 8.29. The van der Waals surface area contributed by atoms with Crippen molar-refractivity contribution in [2.45, 2.75) is 45.8 Å². The second-order valence-corrected chi connectivity index (χ2v) is 6.37. The highest BCUT2D eigenvalue weighted by Crippen LogP contribution is 2.34. The van der Waals surface area contributed by atoms with E-state index in [0.29, 0.717) is 5.92 Å². The Kier molecular flexibility index (Phi) is 6.02. The molecule has 0 bridgehead atoms. The quantitative estimate of drug-likeness (QED) is 0.535. The molecule has 1 aromatic rings. The van der Waals surface area contributed by atoms with Crippen molar-refractivity contribution >= 4 is 5.97 Å². The molecule has 24 heavy (non-hydrogen) atoms. The number of esters is 1. The SMILES string of the molecule is C=CC(OC(C)=O)c1ccccc1O[C@H]1C[C@H](C(=C)C)CC=C1C. The van der Waals surface area contributed by atoms with Crippen LogP contribution in [0.15, 0.2) is 60.7 Å². The minimum atomic E-state index is -0.511. The van der Waals surface area contributed by atoms with Crippen LogP contribution in [0.1, 0.15) is 45.3 Å². The molecule has 0 saturated carbocycles. The van der Waals surface area contributed by atoms with Crippen molar-refractivity contribution in [3.8, 4) is 5.75 Å². The summed E-state index contributed by atoms with van der Waals surface area (Å²) in [7, 11) is 0. The summed E-state index contributed by atoms with van der Waals surface area (Å²) < 4.78 is 11.6. The van der Waals surface area contributed by atoms with Crippen LogP contribution in [0.25, 0.3) is 0 Å². The minimum absolute atomic E-state index is 0.00407. The van der Waals surface area contributed by atoms with E-state index < -0.39 is 6.10 Å². The van der Waals surface area contributed by atoms with Crippen molar-refractivity contribution in [1.82, 2.24) is 0 Å². The zero-order valence-corrected chi connectivity index (χ0v) is 14.7. The molecule has 1 aliphatic carbocycles. The summed E-state index contributed by atoms with van der Waals surface area (Å²) in [4.78, 5) is 11.3. The maximum atomic E-state index is 11.3. The first-order chi connectivity index (χ1) is 11.4. The lowest BCUT2D eigenvalue weighted by molar-refractivity contribution is -0.144. The molecule has 3 atom stereocenters. The Balaban J connectivity index is 2.25. The van der Waals surface area contributed by atoms with Gasteiger partial charge in [-0.1, -0.05) is 43.0 Å². The second-order valence-electron chi connectivity index (χ2n) is 6.37. The van der Waals surface area contributed by atoms with E-state index in [2.05, 4.69) is 33.1 Å². The van der Waals surface area contributed by atoms with Gasteiger partial charge in [-0.15, -0.1) is 0 Å². The molecule has 0 amide bonds. The fraction of sp³-hybridized carbons (Fsp3) is 0.381. The van der Waals surface area contributed by atoms with Gasteiger partial charge in [0.15, 0.2) is 0 Å². The molecule has 1 aromatic carbocycles. The van der Waals surface area contributed by atoms with Crippen LogP contribution in [-0.4, -0.2) is 12.1 Å². The van der Waals surface area contributed by atoms with Gasteiger partial charge in [-0.05, 0) is 50.3 Å². The Bertz CT molecular complexity index is 657. The van der Waals surface area contributed by atoms with Gasteiger partial charge in [0.25, 0.3) is 0 Å². The van der Waals surface area contributed by atoms with E-state index in [1.807, 2.05) is 24.3 Å². The highest BCUT2D eigenvalue weighted by Gasteiger charge is 2.25. The topological polar surface area (TPSA) is 35.5 Å². The van der Waals surface area contributed by atoms with Gasteiger partial charge >= 0.3 is 5.97 Å².